The molecule has 0 bridgehead atoms. The lowest BCUT2D eigenvalue weighted by molar-refractivity contribution is 0.0911. The van der Waals surface area contributed by atoms with Crippen LogP contribution in [0.25, 0.3) is 0 Å². The summed E-state index contributed by atoms with van der Waals surface area (Å²) in [5.41, 5.74) is 0.402. The number of nitrogens with zero attached hydrogens (tertiary/aromatic N) is 2. The first-order valence-electron chi connectivity index (χ1n) is 7.04. The summed E-state index contributed by atoms with van der Waals surface area (Å²) in [5, 5.41) is 3.34. The Kier molecular flexibility index (Phi) is 5.90. The number of hydrogen-bond donors (Lipinski definition) is 1. The number of likely N-dealkylation sites (tertiary alicyclic amines) is 1. The van der Waals surface area contributed by atoms with Crippen molar-refractivity contribution in [2.75, 3.05) is 47.3 Å². The van der Waals surface area contributed by atoms with Crippen LogP contribution < -0.4 is 5.32 Å². The van der Waals surface area contributed by atoms with E-state index in [0.29, 0.717) is 5.41 Å². The second-order valence-corrected chi connectivity index (χ2v) is 6.17. The molecule has 17 heavy (non-hydrogen) atoms. The monoisotopic (exact) mass is 241 g/mol. The molecule has 102 valence electrons. The van der Waals surface area contributed by atoms with Crippen LogP contribution >= 0.6 is 0 Å². The van der Waals surface area contributed by atoms with Crippen molar-refractivity contribution in [1.82, 2.24) is 15.1 Å². The Balaban J connectivity index is 2.48. The molecule has 1 heterocycles. The van der Waals surface area contributed by atoms with E-state index in [9.17, 15) is 0 Å². The van der Waals surface area contributed by atoms with Gasteiger partial charge in [0.15, 0.2) is 0 Å². The van der Waals surface area contributed by atoms with Gasteiger partial charge in [0.25, 0.3) is 0 Å². The van der Waals surface area contributed by atoms with E-state index in [1.165, 1.54) is 38.9 Å². The Morgan fingerprint density at radius 3 is 2.71 bits per heavy atom. The average Bonchev–Trinajstić information content (AvgIpc) is 2.29. The molecule has 1 N–H and O–H groups in total. The zero-order chi connectivity index (χ0) is 12.9. The molecular weight excluding hydrogens is 210 g/mol. The van der Waals surface area contributed by atoms with Crippen molar-refractivity contribution in [2.24, 2.45) is 5.41 Å². The topological polar surface area (TPSA) is 18.5 Å². The summed E-state index contributed by atoms with van der Waals surface area (Å²) in [5.74, 6) is 0. The van der Waals surface area contributed by atoms with Crippen molar-refractivity contribution in [3.05, 3.63) is 0 Å². The van der Waals surface area contributed by atoms with Gasteiger partial charge in [-0.1, -0.05) is 13.8 Å². The van der Waals surface area contributed by atoms with Gasteiger partial charge >= 0.3 is 0 Å². The van der Waals surface area contributed by atoms with Crippen molar-refractivity contribution in [3.63, 3.8) is 0 Å². The molecular formula is C14H31N3. The van der Waals surface area contributed by atoms with Crippen LogP contribution in [0.4, 0.5) is 0 Å². The minimum atomic E-state index is 0.402. The Morgan fingerprint density at radius 1 is 1.47 bits per heavy atom. The fourth-order valence-electron chi connectivity index (χ4n) is 2.95. The molecule has 2 atom stereocenters. The van der Waals surface area contributed by atoms with Gasteiger partial charge < -0.3 is 15.1 Å². The summed E-state index contributed by atoms with van der Waals surface area (Å²) in [4.78, 5) is 5.04. The molecule has 0 aliphatic carbocycles. The van der Waals surface area contributed by atoms with Crippen LogP contribution in [-0.4, -0.2) is 63.2 Å². The second-order valence-electron chi connectivity index (χ2n) is 6.17. The summed E-state index contributed by atoms with van der Waals surface area (Å²) >= 11 is 0. The van der Waals surface area contributed by atoms with E-state index in [2.05, 4.69) is 50.1 Å². The van der Waals surface area contributed by atoms with E-state index >= 15 is 0 Å². The number of hydrogen-bond acceptors (Lipinski definition) is 3. The van der Waals surface area contributed by atoms with E-state index in [-0.39, 0.29) is 0 Å². The quantitative estimate of drug-likeness (QED) is 0.763. The summed E-state index contributed by atoms with van der Waals surface area (Å²) in [6, 6.07) is 0.747. The molecule has 1 fully saturated rings. The maximum absolute atomic E-state index is 3.34. The van der Waals surface area contributed by atoms with Crippen molar-refractivity contribution in [2.45, 2.75) is 39.2 Å². The summed E-state index contributed by atoms with van der Waals surface area (Å²) in [6.07, 6.45) is 3.95. The van der Waals surface area contributed by atoms with Gasteiger partial charge in [0.2, 0.25) is 0 Å². The smallest absolute Gasteiger partial charge is 0.0220 e. The Hall–Kier alpha value is -0.120. The molecule has 1 aliphatic rings. The number of rotatable bonds is 6. The summed E-state index contributed by atoms with van der Waals surface area (Å²) < 4.78 is 0. The standard InChI is InChI=1S/C14H31N3/c1-6-14(2,11-15-3)12-17(5)13-8-7-9-16(4)10-13/h13,15H,6-12H2,1-5H3. The molecule has 0 amide bonds. The highest BCUT2D eigenvalue weighted by atomic mass is 15.2. The van der Waals surface area contributed by atoms with Gasteiger partial charge in [0.05, 0.1) is 0 Å². The van der Waals surface area contributed by atoms with E-state index in [0.717, 1.165) is 12.6 Å². The third kappa shape index (κ3) is 4.57. The minimum Gasteiger partial charge on any atom is -0.319 e. The molecule has 0 spiro atoms. The first-order valence-corrected chi connectivity index (χ1v) is 7.04. The maximum Gasteiger partial charge on any atom is 0.0220 e. The summed E-state index contributed by atoms with van der Waals surface area (Å²) in [7, 11) is 6.60. The number of nitrogens with one attached hydrogen (secondary N) is 1. The van der Waals surface area contributed by atoms with Crippen LogP contribution in [0.2, 0.25) is 0 Å². The van der Waals surface area contributed by atoms with Gasteiger partial charge in [0.1, 0.15) is 0 Å². The molecule has 0 saturated carbocycles. The highest BCUT2D eigenvalue weighted by Crippen LogP contribution is 2.24. The molecule has 3 nitrogen and oxygen atoms in total. The minimum absolute atomic E-state index is 0.402. The third-order valence-electron chi connectivity index (χ3n) is 4.31. The Labute approximate surface area is 108 Å². The van der Waals surface area contributed by atoms with Gasteiger partial charge in [-0.2, -0.15) is 0 Å². The zero-order valence-corrected chi connectivity index (χ0v) is 12.4. The molecule has 0 radical (unpaired) electrons. The van der Waals surface area contributed by atoms with Crippen molar-refractivity contribution in [3.8, 4) is 0 Å². The predicted molar refractivity (Wildman–Crippen MR) is 75.5 cm³/mol. The molecule has 1 rings (SSSR count). The number of likely N-dealkylation sites (N-methyl/N-ethyl adjacent to an activating group) is 2. The SMILES string of the molecule is CCC(C)(CNC)CN(C)C1CCCN(C)C1. The molecule has 3 heteroatoms. The van der Waals surface area contributed by atoms with Crippen LogP contribution in [0, 0.1) is 5.41 Å². The average molecular weight is 241 g/mol. The van der Waals surface area contributed by atoms with Gasteiger partial charge in [0, 0.05) is 25.7 Å². The van der Waals surface area contributed by atoms with Gasteiger partial charge in [-0.3, -0.25) is 0 Å². The lowest BCUT2D eigenvalue weighted by atomic mass is 9.86. The lowest BCUT2D eigenvalue weighted by Crippen LogP contribution is -2.49. The fourth-order valence-corrected chi connectivity index (χ4v) is 2.95. The highest BCUT2D eigenvalue weighted by molar-refractivity contribution is 4.84. The van der Waals surface area contributed by atoms with Crippen LogP contribution in [-0.2, 0) is 0 Å². The fraction of sp³-hybridized carbons (Fsp3) is 1.00. The third-order valence-corrected chi connectivity index (χ3v) is 4.31. The van der Waals surface area contributed by atoms with Crippen LogP contribution in [0.5, 0.6) is 0 Å². The first-order chi connectivity index (χ1) is 8.00. The first kappa shape index (κ1) is 14.9. The van der Waals surface area contributed by atoms with Crippen molar-refractivity contribution in [1.29, 1.82) is 0 Å². The zero-order valence-electron chi connectivity index (χ0n) is 12.4. The van der Waals surface area contributed by atoms with Crippen LogP contribution in [0.1, 0.15) is 33.1 Å². The largest absolute Gasteiger partial charge is 0.319 e. The number of piperidine rings is 1. The Bertz CT molecular complexity index is 220. The molecule has 0 aromatic carbocycles. The Morgan fingerprint density at radius 2 is 2.18 bits per heavy atom. The summed E-state index contributed by atoms with van der Waals surface area (Å²) in [6.45, 7) is 9.51. The lowest BCUT2D eigenvalue weighted by Gasteiger charge is -2.40. The van der Waals surface area contributed by atoms with Crippen molar-refractivity contribution < 1.29 is 0 Å². The van der Waals surface area contributed by atoms with E-state index in [1.54, 1.807) is 0 Å². The van der Waals surface area contributed by atoms with Crippen LogP contribution in [0.15, 0.2) is 0 Å². The van der Waals surface area contributed by atoms with E-state index in [4.69, 9.17) is 0 Å². The van der Waals surface area contributed by atoms with Crippen LogP contribution in [0.3, 0.4) is 0 Å². The van der Waals surface area contributed by atoms with Gasteiger partial charge in [-0.25, -0.2) is 0 Å². The second kappa shape index (κ2) is 6.72. The van der Waals surface area contributed by atoms with E-state index in [1.807, 2.05) is 0 Å². The molecule has 2 unspecified atom stereocenters. The molecule has 0 aromatic heterocycles. The highest BCUT2D eigenvalue weighted by Gasteiger charge is 2.28. The van der Waals surface area contributed by atoms with Gasteiger partial charge in [-0.05, 0) is 52.4 Å². The normalized spacial score (nSPS) is 26.1. The maximum atomic E-state index is 3.34. The molecule has 1 aliphatic heterocycles. The predicted octanol–water partition coefficient (Wildman–Crippen LogP) is 1.65. The van der Waals surface area contributed by atoms with Gasteiger partial charge in [-0.15, -0.1) is 0 Å². The van der Waals surface area contributed by atoms with E-state index < -0.39 is 0 Å². The van der Waals surface area contributed by atoms with Crippen molar-refractivity contribution >= 4 is 0 Å². The molecule has 1 saturated heterocycles. The molecule has 0 aromatic rings.